The van der Waals surface area contributed by atoms with Gasteiger partial charge in [0.2, 0.25) is 0 Å². The smallest absolute Gasteiger partial charge is 0.343 e. The second-order valence-electron chi connectivity index (χ2n) is 6.64. The molecule has 3 N–H and O–H groups in total. The first-order chi connectivity index (χ1) is 12.3. The second-order valence-corrected chi connectivity index (χ2v) is 6.64. The molecular formula is C20H27ClN2O4. The molecule has 148 valence electrons. The van der Waals surface area contributed by atoms with Crippen molar-refractivity contribution in [2.45, 2.75) is 26.0 Å². The molecule has 0 saturated carbocycles. The number of carbonyl (C=O) groups is 1. The molecule has 0 heterocycles. The summed E-state index contributed by atoms with van der Waals surface area (Å²) in [5.41, 5.74) is 1.81. The number of aliphatic hydroxyl groups excluding tert-OH is 1. The SMILES string of the molecule is CC(C)NCC(O)c1ccc(OC(=O)c2cccc(N(C)C)c2)c(O)c1.Cl. The summed E-state index contributed by atoms with van der Waals surface area (Å²) >= 11 is 0. The third kappa shape index (κ3) is 6.43. The lowest BCUT2D eigenvalue weighted by Gasteiger charge is -2.16. The van der Waals surface area contributed by atoms with Crippen LogP contribution in [0.1, 0.15) is 35.9 Å². The summed E-state index contributed by atoms with van der Waals surface area (Å²) in [5.74, 6) is -0.694. The summed E-state index contributed by atoms with van der Waals surface area (Å²) in [5, 5.41) is 23.4. The Morgan fingerprint density at radius 2 is 1.89 bits per heavy atom. The van der Waals surface area contributed by atoms with Crippen molar-refractivity contribution < 1.29 is 19.7 Å². The van der Waals surface area contributed by atoms with E-state index in [9.17, 15) is 15.0 Å². The summed E-state index contributed by atoms with van der Waals surface area (Å²) in [6.45, 7) is 4.34. The highest BCUT2D eigenvalue weighted by Crippen LogP contribution is 2.30. The number of nitrogens with zero attached hydrogens (tertiary/aromatic N) is 1. The summed E-state index contributed by atoms with van der Waals surface area (Å²) in [7, 11) is 3.77. The monoisotopic (exact) mass is 394 g/mol. The van der Waals surface area contributed by atoms with Gasteiger partial charge in [-0.1, -0.05) is 26.0 Å². The first-order valence-corrected chi connectivity index (χ1v) is 8.52. The zero-order valence-corrected chi connectivity index (χ0v) is 16.8. The maximum Gasteiger partial charge on any atom is 0.343 e. The lowest BCUT2D eigenvalue weighted by molar-refractivity contribution is 0.0729. The number of esters is 1. The minimum absolute atomic E-state index is 0. The maximum atomic E-state index is 12.3. The molecule has 2 aromatic carbocycles. The van der Waals surface area contributed by atoms with Gasteiger partial charge in [-0.2, -0.15) is 0 Å². The van der Waals surface area contributed by atoms with E-state index < -0.39 is 12.1 Å². The third-order valence-corrected chi connectivity index (χ3v) is 3.89. The van der Waals surface area contributed by atoms with Crippen LogP contribution in [0.4, 0.5) is 5.69 Å². The van der Waals surface area contributed by atoms with Crippen molar-refractivity contribution in [2.75, 3.05) is 25.5 Å². The van der Waals surface area contributed by atoms with Gasteiger partial charge in [0.05, 0.1) is 11.7 Å². The van der Waals surface area contributed by atoms with Crippen LogP contribution in [-0.2, 0) is 0 Å². The molecule has 1 unspecified atom stereocenters. The highest BCUT2D eigenvalue weighted by atomic mass is 35.5. The zero-order valence-electron chi connectivity index (χ0n) is 16.0. The Balaban J connectivity index is 0.00000364. The lowest BCUT2D eigenvalue weighted by Crippen LogP contribution is -2.27. The van der Waals surface area contributed by atoms with Crippen LogP contribution in [0.3, 0.4) is 0 Å². The van der Waals surface area contributed by atoms with Gasteiger partial charge in [0.25, 0.3) is 0 Å². The molecular weight excluding hydrogens is 368 g/mol. The van der Waals surface area contributed by atoms with E-state index >= 15 is 0 Å². The van der Waals surface area contributed by atoms with Crippen molar-refractivity contribution in [3.8, 4) is 11.5 Å². The van der Waals surface area contributed by atoms with Gasteiger partial charge in [0.1, 0.15) is 0 Å². The fraction of sp³-hybridized carbons (Fsp3) is 0.350. The first-order valence-electron chi connectivity index (χ1n) is 8.52. The minimum atomic E-state index is -0.759. The fourth-order valence-electron chi connectivity index (χ4n) is 2.36. The molecule has 27 heavy (non-hydrogen) atoms. The van der Waals surface area contributed by atoms with Gasteiger partial charge in [-0.25, -0.2) is 4.79 Å². The second kappa shape index (κ2) is 10.2. The number of aromatic hydroxyl groups is 1. The Morgan fingerprint density at radius 1 is 1.19 bits per heavy atom. The van der Waals surface area contributed by atoms with Crippen LogP contribution in [0, 0.1) is 0 Å². The van der Waals surface area contributed by atoms with Crippen LogP contribution in [0.15, 0.2) is 42.5 Å². The molecule has 0 bridgehead atoms. The van der Waals surface area contributed by atoms with E-state index in [0.29, 0.717) is 17.7 Å². The highest BCUT2D eigenvalue weighted by Gasteiger charge is 2.15. The van der Waals surface area contributed by atoms with Crippen molar-refractivity contribution in [3.63, 3.8) is 0 Å². The Labute approximate surface area is 166 Å². The fourth-order valence-corrected chi connectivity index (χ4v) is 2.36. The molecule has 0 aliphatic carbocycles. The molecule has 0 aliphatic heterocycles. The quantitative estimate of drug-likeness (QED) is 0.494. The summed E-state index contributed by atoms with van der Waals surface area (Å²) in [6.07, 6.45) is -0.759. The number of carbonyl (C=O) groups excluding carboxylic acids is 1. The summed E-state index contributed by atoms with van der Waals surface area (Å²) in [4.78, 5) is 14.2. The number of hydrogen-bond donors (Lipinski definition) is 3. The predicted molar refractivity (Wildman–Crippen MR) is 109 cm³/mol. The maximum absolute atomic E-state index is 12.3. The van der Waals surface area contributed by atoms with Gasteiger partial charge in [-0.3, -0.25) is 0 Å². The Kier molecular flexibility index (Phi) is 8.56. The van der Waals surface area contributed by atoms with E-state index in [1.165, 1.54) is 12.1 Å². The molecule has 0 amide bonds. The Morgan fingerprint density at radius 3 is 2.48 bits per heavy atom. The molecule has 2 rings (SSSR count). The van der Waals surface area contributed by atoms with Crippen LogP contribution in [-0.4, -0.2) is 42.9 Å². The summed E-state index contributed by atoms with van der Waals surface area (Å²) < 4.78 is 5.29. The van der Waals surface area contributed by atoms with Gasteiger partial charge >= 0.3 is 5.97 Å². The average Bonchev–Trinajstić information content (AvgIpc) is 2.61. The van der Waals surface area contributed by atoms with Gasteiger partial charge in [0.15, 0.2) is 11.5 Å². The van der Waals surface area contributed by atoms with E-state index in [1.807, 2.05) is 38.9 Å². The molecule has 0 radical (unpaired) electrons. The summed E-state index contributed by atoms with van der Waals surface area (Å²) in [6, 6.07) is 11.8. The normalized spacial score (nSPS) is 11.6. The van der Waals surface area contributed by atoms with Gasteiger partial charge in [0, 0.05) is 32.4 Å². The van der Waals surface area contributed by atoms with Crippen LogP contribution < -0.4 is 15.0 Å². The number of nitrogens with one attached hydrogen (secondary N) is 1. The molecule has 0 spiro atoms. The number of aliphatic hydroxyl groups is 1. The van der Waals surface area contributed by atoms with E-state index in [2.05, 4.69) is 5.32 Å². The van der Waals surface area contributed by atoms with Crippen LogP contribution in [0.2, 0.25) is 0 Å². The van der Waals surface area contributed by atoms with E-state index in [1.54, 1.807) is 24.3 Å². The molecule has 0 saturated heterocycles. The first kappa shape index (κ1) is 22.8. The van der Waals surface area contributed by atoms with Crippen molar-refractivity contribution >= 4 is 24.1 Å². The molecule has 0 fully saturated rings. The van der Waals surface area contributed by atoms with Crippen LogP contribution in [0.25, 0.3) is 0 Å². The average molecular weight is 395 g/mol. The molecule has 0 aliphatic rings. The number of rotatable bonds is 7. The van der Waals surface area contributed by atoms with Crippen molar-refractivity contribution in [2.24, 2.45) is 0 Å². The largest absolute Gasteiger partial charge is 0.504 e. The topological polar surface area (TPSA) is 82.0 Å². The van der Waals surface area contributed by atoms with E-state index in [-0.39, 0.29) is 29.9 Å². The van der Waals surface area contributed by atoms with Crippen molar-refractivity contribution in [1.82, 2.24) is 5.32 Å². The Bertz CT molecular complexity index is 765. The lowest BCUT2D eigenvalue weighted by atomic mass is 10.1. The molecule has 7 heteroatoms. The Hall–Kier alpha value is -2.28. The highest BCUT2D eigenvalue weighted by molar-refractivity contribution is 5.92. The number of ether oxygens (including phenoxy) is 1. The number of phenolic OH excluding ortho intramolecular Hbond substituents is 1. The zero-order chi connectivity index (χ0) is 19.3. The van der Waals surface area contributed by atoms with Crippen molar-refractivity contribution in [1.29, 1.82) is 0 Å². The minimum Gasteiger partial charge on any atom is -0.504 e. The predicted octanol–water partition coefficient (Wildman–Crippen LogP) is 3.13. The van der Waals surface area contributed by atoms with Crippen LogP contribution in [0.5, 0.6) is 11.5 Å². The molecule has 2 aromatic rings. The van der Waals surface area contributed by atoms with Gasteiger partial charge in [-0.15, -0.1) is 12.4 Å². The number of anilines is 1. The number of phenols is 1. The number of halogens is 1. The van der Waals surface area contributed by atoms with E-state index in [4.69, 9.17) is 4.74 Å². The third-order valence-electron chi connectivity index (χ3n) is 3.89. The van der Waals surface area contributed by atoms with Gasteiger partial charge in [-0.05, 0) is 35.9 Å². The van der Waals surface area contributed by atoms with Gasteiger partial charge < -0.3 is 25.2 Å². The molecule has 0 aromatic heterocycles. The van der Waals surface area contributed by atoms with E-state index in [0.717, 1.165) is 5.69 Å². The van der Waals surface area contributed by atoms with Crippen LogP contribution >= 0.6 is 12.4 Å². The number of benzene rings is 2. The number of hydrogen-bond acceptors (Lipinski definition) is 6. The van der Waals surface area contributed by atoms with Crippen molar-refractivity contribution in [3.05, 3.63) is 53.6 Å². The standard InChI is InChI=1S/C20H26N2O4.ClH/c1-13(2)21-12-18(24)14-8-9-19(17(23)11-14)26-20(25)15-6-5-7-16(10-15)22(3)4;/h5-11,13,18,21,23-24H,12H2,1-4H3;1H. The molecule has 1 atom stereocenters. The molecule has 6 nitrogen and oxygen atoms in total.